The Labute approximate surface area is 137 Å². The second-order valence-corrected chi connectivity index (χ2v) is 8.56. The number of hydrogen-bond acceptors (Lipinski definition) is 3. The van der Waals surface area contributed by atoms with Crippen LogP contribution in [0, 0.1) is 10.8 Å². The summed E-state index contributed by atoms with van der Waals surface area (Å²) in [6.07, 6.45) is 1.86. The largest absolute Gasteiger partial charge is 0.396 e. The molecular weight excluding hydrogens is 278 g/mol. The van der Waals surface area contributed by atoms with E-state index in [9.17, 15) is 15.0 Å². The van der Waals surface area contributed by atoms with Crippen LogP contribution in [0.4, 0.5) is 0 Å². The second kappa shape index (κ2) is 9.51. The zero-order valence-corrected chi connectivity index (χ0v) is 16.3. The van der Waals surface area contributed by atoms with Gasteiger partial charge >= 0.3 is 0 Å². The molecule has 1 amide bonds. The monoisotopic (exact) mass is 317 g/mol. The Morgan fingerprint density at radius 3 is 1.59 bits per heavy atom. The molecule has 0 saturated carbocycles. The van der Waals surface area contributed by atoms with E-state index < -0.39 is 5.60 Å². The number of carbonyl (C=O) groups excluding carboxylic acids is 1. The van der Waals surface area contributed by atoms with Crippen molar-refractivity contribution in [2.75, 3.05) is 19.7 Å². The average Bonchev–Trinajstić information content (AvgIpc) is 2.25. The van der Waals surface area contributed by atoms with E-state index in [0.717, 1.165) is 0 Å². The van der Waals surface area contributed by atoms with Crippen molar-refractivity contribution in [2.45, 2.75) is 80.8 Å². The fourth-order valence-electron chi connectivity index (χ4n) is 2.59. The van der Waals surface area contributed by atoms with Gasteiger partial charge in [-0.25, -0.2) is 0 Å². The van der Waals surface area contributed by atoms with E-state index in [4.69, 9.17) is 0 Å². The predicted molar refractivity (Wildman–Crippen MR) is 93.8 cm³/mol. The van der Waals surface area contributed by atoms with Crippen molar-refractivity contribution >= 4 is 5.91 Å². The molecule has 0 aromatic heterocycles. The molecule has 0 fully saturated rings. The van der Waals surface area contributed by atoms with Crippen LogP contribution in [0.5, 0.6) is 0 Å². The van der Waals surface area contributed by atoms with Crippen LogP contribution in [0.25, 0.3) is 0 Å². The van der Waals surface area contributed by atoms with Gasteiger partial charge in [-0.1, -0.05) is 48.0 Å². The number of nitrogens with zero attached hydrogens (tertiary/aromatic N) is 1. The lowest BCUT2D eigenvalue weighted by Crippen LogP contribution is -2.45. The molecule has 2 N–H and O–H groups in total. The highest BCUT2D eigenvalue weighted by Gasteiger charge is 2.31. The summed E-state index contributed by atoms with van der Waals surface area (Å²) in [5.41, 5.74) is -1.23. The van der Waals surface area contributed by atoms with Crippen molar-refractivity contribution in [3.05, 3.63) is 0 Å². The summed E-state index contributed by atoms with van der Waals surface area (Å²) in [4.78, 5) is 13.5. The molecule has 0 unspecified atom stereocenters. The van der Waals surface area contributed by atoms with Gasteiger partial charge in [0.2, 0.25) is 5.91 Å². The second-order valence-electron chi connectivity index (χ2n) is 8.56. The Bertz CT molecular complexity index is 317. The molecule has 0 atom stereocenters. The molecule has 0 bridgehead atoms. The lowest BCUT2D eigenvalue weighted by molar-refractivity contribution is -0.132. The Morgan fingerprint density at radius 2 is 1.32 bits per heavy atom. The first kappa shape index (κ1) is 23.7. The van der Waals surface area contributed by atoms with E-state index in [-0.39, 0.29) is 23.3 Å². The van der Waals surface area contributed by atoms with Gasteiger partial charge in [-0.05, 0) is 25.7 Å². The van der Waals surface area contributed by atoms with Gasteiger partial charge in [-0.15, -0.1) is 0 Å². The topological polar surface area (TPSA) is 60.8 Å². The molecule has 0 aliphatic carbocycles. The number of amides is 1. The molecule has 0 aromatic rings. The van der Waals surface area contributed by atoms with Crippen molar-refractivity contribution in [3.8, 4) is 0 Å². The number of rotatable bonds is 7. The average molecular weight is 318 g/mol. The third-order valence-electron chi connectivity index (χ3n) is 3.02. The molecule has 4 heteroatoms. The van der Waals surface area contributed by atoms with Crippen LogP contribution in [-0.2, 0) is 4.79 Å². The van der Waals surface area contributed by atoms with Gasteiger partial charge in [0.15, 0.2) is 0 Å². The van der Waals surface area contributed by atoms with E-state index >= 15 is 0 Å². The fraction of sp³-hybridized carbons (Fsp3) is 0.944. The maximum Gasteiger partial charge on any atom is 0.219 e. The van der Waals surface area contributed by atoms with Gasteiger partial charge in [0.05, 0.1) is 5.60 Å². The summed E-state index contributed by atoms with van der Waals surface area (Å²) in [7, 11) is 0. The lowest BCUT2D eigenvalue weighted by Gasteiger charge is -2.38. The van der Waals surface area contributed by atoms with E-state index in [1.807, 2.05) is 27.7 Å². The molecule has 134 valence electrons. The van der Waals surface area contributed by atoms with E-state index in [0.29, 0.717) is 19.5 Å². The molecule has 0 aromatic carbocycles. The SMILES string of the molecule is CC(=O)N(CC(C)(C)CO)CC(C)(C)CC(C)(C)O.CCC. The zero-order valence-electron chi connectivity index (χ0n) is 16.3. The molecule has 0 saturated heterocycles. The Hall–Kier alpha value is -0.610. The van der Waals surface area contributed by atoms with Crippen LogP contribution in [0.3, 0.4) is 0 Å². The lowest BCUT2D eigenvalue weighted by atomic mass is 9.81. The maximum atomic E-state index is 11.8. The van der Waals surface area contributed by atoms with E-state index in [2.05, 4.69) is 13.8 Å². The summed E-state index contributed by atoms with van der Waals surface area (Å²) in [5.74, 6) is 0.00495. The molecule has 4 nitrogen and oxygen atoms in total. The Balaban J connectivity index is 0. The van der Waals surface area contributed by atoms with Crippen LogP contribution in [0.1, 0.15) is 75.2 Å². The van der Waals surface area contributed by atoms with Crippen LogP contribution >= 0.6 is 0 Å². The minimum Gasteiger partial charge on any atom is -0.396 e. The van der Waals surface area contributed by atoms with Gasteiger partial charge in [0, 0.05) is 32.0 Å². The van der Waals surface area contributed by atoms with Crippen LogP contribution in [0.15, 0.2) is 0 Å². The normalized spacial score (nSPS) is 12.5. The third-order valence-corrected chi connectivity index (χ3v) is 3.02. The van der Waals surface area contributed by atoms with Gasteiger partial charge in [0.1, 0.15) is 0 Å². The first-order valence-electron chi connectivity index (χ1n) is 8.28. The molecule has 22 heavy (non-hydrogen) atoms. The molecule has 0 aliphatic heterocycles. The van der Waals surface area contributed by atoms with Crippen molar-refractivity contribution < 1.29 is 15.0 Å². The van der Waals surface area contributed by atoms with Crippen LogP contribution < -0.4 is 0 Å². The minimum absolute atomic E-state index is 0.00495. The minimum atomic E-state index is -0.752. The first-order chi connectivity index (χ1) is 9.69. The predicted octanol–water partition coefficient (Wildman–Crippen LogP) is 3.46. The number of carbonyl (C=O) groups is 1. The highest BCUT2D eigenvalue weighted by molar-refractivity contribution is 5.73. The molecule has 0 rings (SSSR count). The molecule has 0 radical (unpaired) electrons. The molecule has 0 spiro atoms. The number of hydrogen-bond donors (Lipinski definition) is 2. The Kier molecular flexibility index (Phi) is 10.2. The fourth-order valence-corrected chi connectivity index (χ4v) is 2.59. The van der Waals surface area contributed by atoms with Crippen LogP contribution in [-0.4, -0.2) is 46.3 Å². The van der Waals surface area contributed by atoms with Crippen molar-refractivity contribution in [3.63, 3.8) is 0 Å². The molecule has 0 aliphatic rings. The smallest absolute Gasteiger partial charge is 0.219 e. The summed E-state index contributed by atoms with van der Waals surface area (Å²) < 4.78 is 0. The molecular formula is C18H39NO3. The third kappa shape index (κ3) is 13.1. The molecule has 0 heterocycles. The van der Waals surface area contributed by atoms with Crippen LogP contribution in [0.2, 0.25) is 0 Å². The standard InChI is InChI=1S/C15H31NO3.C3H8/c1-12(18)16(10-14(4,5)11-17)9-13(2,3)8-15(6,7)19;1-3-2/h17,19H,8-11H2,1-7H3;3H2,1-2H3. The van der Waals surface area contributed by atoms with Crippen molar-refractivity contribution in [1.29, 1.82) is 0 Å². The van der Waals surface area contributed by atoms with E-state index in [1.54, 1.807) is 25.7 Å². The summed E-state index contributed by atoms with van der Waals surface area (Å²) >= 11 is 0. The van der Waals surface area contributed by atoms with Gasteiger partial charge in [-0.2, -0.15) is 0 Å². The Morgan fingerprint density at radius 1 is 0.955 bits per heavy atom. The van der Waals surface area contributed by atoms with Gasteiger partial charge in [-0.3, -0.25) is 4.79 Å². The highest BCUT2D eigenvalue weighted by Crippen LogP contribution is 2.30. The summed E-state index contributed by atoms with van der Waals surface area (Å²) in [5, 5.41) is 19.3. The van der Waals surface area contributed by atoms with Gasteiger partial charge < -0.3 is 15.1 Å². The number of aliphatic hydroxyl groups excluding tert-OH is 1. The number of aliphatic hydroxyl groups is 2. The quantitative estimate of drug-likeness (QED) is 0.756. The first-order valence-corrected chi connectivity index (χ1v) is 8.28. The maximum absolute atomic E-state index is 11.8. The van der Waals surface area contributed by atoms with Gasteiger partial charge in [0.25, 0.3) is 0 Å². The van der Waals surface area contributed by atoms with E-state index in [1.165, 1.54) is 6.42 Å². The summed E-state index contributed by atoms with van der Waals surface area (Å²) in [6, 6.07) is 0. The van der Waals surface area contributed by atoms with Crippen molar-refractivity contribution in [2.24, 2.45) is 10.8 Å². The zero-order chi connectivity index (χ0) is 18.2. The summed E-state index contributed by atoms with van der Waals surface area (Å²) in [6.45, 7) is 18.5. The van der Waals surface area contributed by atoms with Crippen molar-refractivity contribution in [1.82, 2.24) is 4.90 Å². The highest BCUT2D eigenvalue weighted by atomic mass is 16.3.